The van der Waals surface area contributed by atoms with Crippen LogP contribution in [0.3, 0.4) is 0 Å². The smallest absolute Gasteiger partial charge is 0.307 e. The molecule has 11 heavy (non-hydrogen) atoms. The zero-order valence-electron chi connectivity index (χ0n) is 6.63. The Bertz CT molecular complexity index is 193. The number of rotatable bonds is 4. The van der Waals surface area contributed by atoms with Crippen LogP contribution in [-0.2, 0) is 4.79 Å². The van der Waals surface area contributed by atoms with Gasteiger partial charge in [-0.25, -0.2) is 0 Å². The summed E-state index contributed by atoms with van der Waals surface area (Å²) in [5.74, 6) is 4.87. The molecular formula is C9H12O2. The largest absolute Gasteiger partial charge is 0.481 e. The molecule has 60 valence electrons. The second kappa shape index (κ2) is 6.88. The minimum absolute atomic E-state index is 0.111. The maximum atomic E-state index is 10.0. The quantitative estimate of drug-likeness (QED) is 0.379. The van der Waals surface area contributed by atoms with E-state index in [1.807, 2.05) is 6.08 Å². The molecule has 0 saturated heterocycles. The molecule has 0 radical (unpaired) electrons. The Balaban J connectivity index is 3.28. The Labute approximate surface area is 66.9 Å². The molecule has 1 N–H and O–H groups in total. The van der Waals surface area contributed by atoms with E-state index in [9.17, 15) is 4.79 Å². The third-order valence-electron chi connectivity index (χ3n) is 1.07. The lowest BCUT2D eigenvalue weighted by atomic mass is 10.2. The highest BCUT2D eigenvalue weighted by atomic mass is 16.4. The van der Waals surface area contributed by atoms with Crippen molar-refractivity contribution < 1.29 is 9.90 Å². The van der Waals surface area contributed by atoms with E-state index in [4.69, 9.17) is 5.11 Å². The van der Waals surface area contributed by atoms with E-state index < -0.39 is 5.97 Å². The molecule has 2 heteroatoms. The van der Waals surface area contributed by atoms with Crippen LogP contribution in [0.5, 0.6) is 0 Å². The van der Waals surface area contributed by atoms with Gasteiger partial charge in [-0.2, -0.15) is 0 Å². The van der Waals surface area contributed by atoms with Gasteiger partial charge in [0.25, 0.3) is 0 Å². The number of carbonyl (C=O) groups is 1. The maximum Gasteiger partial charge on any atom is 0.307 e. The van der Waals surface area contributed by atoms with Crippen molar-refractivity contribution in [1.82, 2.24) is 0 Å². The summed E-state index contributed by atoms with van der Waals surface area (Å²) in [6.07, 6.45) is 5.26. The minimum Gasteiger partial charge on any atom is -0.481 e. The van der Waals surface area contributed by atoms with Crippen LogP contribution >= 0.6 is 0 Å². The number of hydrogen-bond acceptors (Lipinski definition) is 1. The summed E-state index contributed by atoms with van der Waals surface area (Å²) in [4.78, 5) is 10.0. The monoisotopic (exact) mass is 152 g/mol. The topological polar surface area (TPSA) is 37.3 Å². The number of allylic oxidation sites excluding steroid dienone is 1. The molecule has 0 aliphatic rings. The fourth-order valence-electron chi connectivity index (χ4n) is 0.583. The molecule has 0 aliphatic heterocycles. The summed E-state index contributed by atoms with van der Waals surface area (Å²) in [6.45, 7) is 1.79. The molecule has 0 fully saturated rings. The van der Waals surface area contributed by atoms with Gasteiger partial charge in [0.2, 0.25) is 0 Å². The van der Waals surface area contributed by atoms with Crippen LogP contribution < -0.4 is 0 Å². The lowest BCUT2D eigenvalue weighted by molar-refractivity contribution is -0.136. The first-order valence-electron chi connectivity index (χ1n) is 3.53. The Morgan fingerprint density at radius 3 is 2.82 bits per heavy atom. The van der Waals surface area contributed by atoms with Gasteiger partial charge in [0.05, 0.1) is 6.42 Å². The minimum atomic E-state index is -0.789. The van der Waals surface area contributed by atoms with Crippen LogP contribution in [0.25, 0.3) is 0 Å². The molecule has 0 atom stereocenters. The highest BCUT2D eigenvalue weighted by molar-refractivity contribution is 5.68. The lowest BCUT2D eigenvalue weighted by Crippen LogP contribution is -1.89. The van der Waals surface area contributed by atoms with Crippen molar-refractivity contribution in [2.45, 2.75) is 26.2 Å². The van der Waals surface area contributed by atoms with Crippen molar-refractivity contribution in [3.05, 3.63) is 12.2 Å². The lowest BCUT2D eigenvalue weighted by Gasteiger charge is -1.83. The molecule has 0 heterocycles. The van der Waals surface area contributed by atoms with E-state index in [2.05, 4.69) is 11.8 Å². The zero-order valence-corrected chi connectivity index (χ0v) is 6.63. The van der Waals surface area contributed by atoms with Gasteiger partial charge in [-0.05, 0) is 13.3 Å². The molecule has 0 amide bonds. The molecule has 0 unspecified atom stereocenters. The molecule has 0 aliphatic carbocycles. The fourth-order valence-corrected chi connectivity index (χ4v) is 0.583. The van der Waals surface area contributed by atoms with Crippen molar-refractivity contribution in [2.24, 2.45) is 0 Å². The van der Waals surface area contributed by atoms with Gasteiger partial charge >= 0.3 is 5.97 Å². The number of carboxylic acids is 1. The van der Waals surface area contributed by atoms with Crippen LogP contribution in [-0.4, -0.2) is 11.1 Å². The van der Waals surface area contributed by atoms with Gasteiger partial charge in [0.1, 0.15) is 0 Å². The average molecular weight is 152 g/mol. The van der Waals surface area contributed by atoms with Crippen molar-refractivity contribution in [3.8, 4) is 11.8 Å². The third kappa shape index (κ3) is 8.77. The van der Waals surface area contributed by atoms with E-state index in [1.54, 1.807) is 13.0 Å². The summed E-state index contributed by atoms with van der Waals surface area (Å²) in [5.41, 5.74) is 0. The predicted molar refractivity (Wildman–Crippen MR) is 44.1 cm³/mol. The molecule has 0 bridgehead atoms. The molecule has 2 nitrogen and oxygen atoms in total. The number of unbranched alkanes of at least 4 members (excludes halogenated alkanes) is 1. The van der Waals surface area contributed by atoms with Crippen molar-refractivity contribution in [2.75, 3.05) is 0 Å². The van der Waals surface area contributed by atoms with Crippen LogP contribution in [0.1, 0.15) is 26.2 Å². The first-order chi connectivity index (χ1) is 5.27. The summed E-state index contributed by atoms with van der Waals surface area (Å²) in [6, 6.07) is 0. The molecule has 0 saturated carbocycles. The Hall–Kier alpha value is -1.23. The highest BCUT2D eigenvalue weighted by Crippen LogP contribution is 1.90. The van der Waals surface area contributed by atoms with Gasteiger partial charge < -0.3 is 5.11 Å². The van der Waals surface area contributed by atoms with Crippen molar-refractivity contribution in [3.63, 3.8) is 0 Å². The van der Waals surface area contributed by atoms with Gasteiger partial charge in [0, 0.05) is 6.42 Å². The van der Waals surface area contributed by atoms with Crippen molar-refractivity contribution >= 4 is 5.97 Å². The summed E-state index contributed by atoms with van der Waals surface area (Å²) in [5, 5.41) is 8.24. The van der Waals surface area contributed by atoms with Gasteiger partial charge in [-0.3, -0.25) is 4.79 Å². The first kappa shape index (κ1) is 9.77. The first-order valence-corrected chi connectivity index (χ1v) is 3.53. The average Bonchev–Trinajstić information content (AvgIpc) is 1.96. The van der Waals surface area contributed by atoms with E-state index in [1.165, 1.54) is 0 Å². The number of aliphatic carboxylic acids is 1. The standard InChI is InChI=1S/C9H12O2/c1-2-3-4-5-6-7-8-9(10)11/h6-7H,4-5,8H2,1H3,(H,10,11). The van der Waals surface area contributed by atoms with Gasteiger partial charge in [0.15, 0.2) is 0 Å². The summed E-state index contributed by atoms with van der Waals surface area (Å²) < 4.78 is 0. The normalized spacial score (nSPS) is 9.18. The van der Waals surface area contributed by atoms with E-state index >= 15 is 0 Å². The van der Waals surface area contributed by atoms with Crippen LogP contribution in [0.4, 0.5) is 0 Å². The summed E-state index contributed by atoms with van der Waals surface area (Å²) in [7, 11) is 0. The Morgan fingerprint density at radius 1 is 1.55 bits per heavy atom. The molecule has 0 aromatic rings. The molecule has 0 aromatic heterocycles. The SMILES string of the molecule is CC#CCCC=CCC(=O)O. The van der Waals surface area contributed by atoms with Crippen LogP contribution in [0.2, 0.25) is 0 Å². The van der Waals surface area contributed by atoms with Crippen LogP contribution in [0, 0.1) is 11.8 Å². The second-order valence-electron chi connectivity index (χ2n) is 2.03. The predicted octanol–water partition coefficient (Wildman–Crippen LogP) is 1.82. The van der Waals surface area contributed by atoms with E-state index in [-0.39, 0.29) is 6.42 Å². The van der Waals surface area contributed by atoms with E-state index in [0.29, 0.717) is 0 Å². The third-order valence-corrected chi connectivity index (χ3v) is 1.07. The number of hydrogen-bond donors (Lipinski definition) is 1. The zero-order chi connectivity index (χ0) is 8.53. The molecule has 0 rings (SSSR count). The van der Waals surface area contributed by atoms with Gasteiger partial charge in [-0.15, -0.1) is 11.8 Å². The molecule has 0 spiro atoms. The van der Waals surface area contributed by atoms with Gasteiger partial charge in [-0.1, -0.05) is 12.2 Å². The molecule has 0 aromatic carbocycles. The van der Waals surface area contributed by atoms with E-state index in [0.717, 1.165) is 12.8 Å². The highest BCUT2D eigenvalue weighted by Gasteiger charge is 1.87. The Kier molecular flexibility index (Phi) is 6.11. The Morgan fingerprint density at radius 2 is 2.27 bits per heavy atom. The maximum absolute atomic E-state index is 10.0. The molecular weight excluding hydrogens is 140 g/mol. The fraction of sp³-hybridized carbons (Fsp3) is 0.444. The summed E-state index contributed by atoms with van der Waals surface area (Å²) >= 11 is 0. The van der Waals surface area contributed by atoms with Crippen molar-refractivity contribution in [1.29, 1.82) is 0 Å². The second-order valence-corrected chi connectivity index (χ2v) is 2.03. The van der Waals surface area contributed by atoms with Crippen LogP contribution in [0.15, 0.2) is 12.2 Å². The number of carboxylic acid groups (broad SMARTS) is 1.